The van der Waals surface area contributed by atoms with Crippen molar-refractivity contribution < 1.29 is 33.7 Å². The third kappa shape index (κ3) is 11.0. The molecule has 9 nitrogen and oxygen atoms in total. The summed E-state index contributed by atoms with van der Waals surface area (Å²) in [6.07, 6.45) is -0.602. The minimum atomic E-state index is -1.14. The highest BCUT2D eigenvalue weighted by atomic mass is 16.5. The van der Waals surface area contributed by atoms with Gasteiger partial charge in [-0.1, -0.05) is 127 Å². The summed E-state index contributed by atoms with van der Waals surface area (Å²) >= 11 is 0. The average Bonchev–Trinajstić information content (AvgIpc) is 3.14. The van der Waals surface area contributed by atoms with Crippen LogP contribution in [0.4, 0.5) is 4.79 Å². The van der Waals surface area contributed by atoms with Crippen molar-refractivity contribution >= 4 is 18.0 Å². The Morgan fingerprint density at radius 3 is 1.59 bits per heavy atom. The van der Waals surface area contributed by atoms with Crippen molar-refractivity contribution in [1.29, 1.82) is 0 Å². The molecule has 5 aromatic carbocycles. The summed E-state index contributed by atoms with van der Waals surface area (Å²) in [6.45, 7) is 0.255. The van der Waals surface area contributed by atoms with Gasteiger partial charge in [-0.15, -0.1) is 0 Å². The number of carbonyl (C=O) groups is 3. The normalized spacial score (nSPS) is 11.8. The van der Waals surface area contributed by atoms with Gasteiger partial charge < -0.3 is 30.0 Å². The van der Waals surface area contributed by atoms with Crippen LogP contribution in [0.3, 0.4) is 0 Å². The van der Waals surface area contributed by atoms with Crippen LogP contribution in [0, 0.1) is 0 Å². The van der Waals surface area contributed by atoms with Crippen LogP contribution in [0.1, 0.15) is 27.8 Å². The number of benzene rings is 5. The fourth-order valence-corrected chi connectivity index (χ4v) is 5.03. The first-order valence-corrected chi connectivity index (χ1v) is 15.9. The molecule has 0 aliphatic heterocycles. The lowest BCUT2D eigenvalue weighted by Gasteiger charge is -2.23. The van der Waals surface area contributed by atoms with Crippen molar-refractivity contribution in [2.45, 2.75) is 44.7 Å². The maximum absolute atomic E-state index is 13.9. The first-order chi connectivity index (χ1) is 23.9. The van der Waals surface area contributed by atoms with Crippen LogP contribution in [0.15, 0.2) is 140 Å². The molecule has 0 fully saturated rings. The fraction of sp³-hybridized carbons (Fsp3) is 0.175. The van der Waals surface area contributed by atoms with E-state index in [2.05, 4.69) is 10.6 Å². The Kier molecular flexibility index (Phi) is 12.4. The number of ether oxygens (including phenoxy) is 3. The molecule has 9 heteroatoms. The monoisotopic (exact) mass is 658 g/mol. The highest BCUT2D eigenvalue weighted by Gasteiger charge is 2.29. The number of amides is 2. The predicted molar refractivity (Wildman–Crippen MR) is 184 cm³/mol. The van der Waals surface area contributed by atoms with E-state index in [9.17, 15) is 19.5 Å². The van der Waals surface area contributed by atoms with Gasteiger partial charge in [-0.2, -0.15) is 0 Å². The summed E-state index contributed by atoms with van der Waals surface area (Å²) < 4.78 is 16.9. The second-order valence-electron chi connectivity index (χ2n) is 11.4. The first kappa shape index (κ1) is 34.3. The van der Waals surface area contributed by atoms with E-state index in [1.54, 1.807) is 12.1 Å². The summed E-state index contributed by atoms with van der Waals surface area (Å²) in [7, 11) is 0. The zero-order chi connectivity index (χ0) is 34.3. The molecule has 0 aliphatic carbocycles. The second kappa shape index (κ2) is 17.7. The number of rotatable bonds is 15. The number of esters is 1. The number of hydrogen-bond acceptors (Lipinski definition) is 7. The van der Waals surface area contributed by atoms with Gasteiger partial charge in [0.15, 0.2) is 11.5 Å². The molecule has 0 saturated carbocycles. The van der Waals surface area contributed by atoms with Crippen molar-refractivity contribution in [2.75, 3.05) is 0 Å². The topological polar surface area (TPSA) is 123 Å². The molecule has 0 heterocycles. The molecule has 2 atom stereocenters. The summed E-state index contributed by atoms with van der Waals surface area (Å²) in [6, 6.07) is 39.7. The van der Waals surface area contributed by atoms with E-state index < -0.39 is 30.1 Å². The molecular formula is C40H38N2O7. The largest absolute Gasteiger partial charge is 0.504 e. The zero-order valence-electron chi connectivity index (χ0n) is 26.9. The molecule has 0 saturated heterocycles. The molecule has 3 N–H and O–H groups in total. The zero-order valence-corrected chi connectivity index (χ0v) is 26.9. The van der Waals surface area contributed by atoms with Gasteiger partial charge in [-0.05, 0) is 39.9 Å². The maximum atomic E-state index is 13.9. The quantitative estimate of drug-likeness (QED) is 0.113. The molecule has 0 aliphatic rings. The highest BCUT2D eigenvalue weighted by Crippen LogP contribution is 2.28. The number of aromatic hydroxyl groups is 1. The van der Waals surface area contributed by atoms with Gasteiger partial charge in [0.25, 0.3) is 0 Å². The van der Waals surface area contributed by atoms with E-state index in [0.29, 0.717) is 5.56 Å². The van der Waals surface area contributed by atoms with Crippen LogP contribution in [0.5, 0.6) is 11.5 Å². The lowest BCUT2D eigenvalue weighted by Crippen LogP contribution is -2.53. The fourth-order valence-electron chi connectivity index (χ4n) is 5.03. The van der Waals surface area contributed by atoms with Gasteiger partial charge in [0, 0.05) is 12.8 Å². The van der Waals surface area contributed by atoms with Crippen LogP contribution in [0.2, 0.25) is 0 Å². The maximum Gasteiger partial charge on any atom is 0.408 e. The Bertz CT molecular complexity index is 1790. The lowest BCUT2D eigenvalue weighted by molar-refractivity contribution is -0.149. The lowest BCUT2D eigenvalue weighted by atomic mass is 10.0. The van der Waals surface area contributed by atoms with Gasteiger partial charge >= 0.3 is 12.1 Å². The van der Waals surface area contributed by atoms with Gasteiger partial charge in [0.2, 0.25) is 5.91 Å². The van der Waals surface area contributed by atoms with Crippen molar-refractivity contribution in [1.82, 2.24) is 10.6 Å². The average molecular weight is 659 g/mol. The number of nitrogens with one attached hydrogen (secondary N) is 2. The van der Waals surface area contributed by atoms with E-state index in [4.69, 9.17) is 14.2 Å². The van der Waals surface area contributed by atoms with E-state index in [-0.39, 0.29) is 44.2 Å². The van der Waals surface area contributed by atoms with E-state index in [0.717, 1.165) is 22.3 Å². The van der Waals surface area contributed by atoms with Crippen LogP contribution < -0.4 is 15.4 Å². The van der Waals surface area contributed by atoms with Gasteiger partial charge in [-0.25, -0.2) is 9.59 Å². The molecular weight excluding hydrogens is 620 g/mol. The molecule has 0 spiro atoms. The molecule has 0 bridgehead atoms. The number of hydrogen-bond donors (Lipinski definition) is 3. The third-order valence-corrected chi connectivity index (χ3v) is 7.63. The molecule has 0 aromatic heterocycles. The minimum absolute atomic E-state index is 0.00453. The smallest absolute Gasteiger partial charge is 0.408 e. The number of carbonyl (C=O) groups excluding carboxylic acids is 3. The second-order valence-corrected chi connectivity index (χ2v) is 11.4. The Hall–Kier alpha value is -6.09. The molecule has 0 radical (unpaired) electrons. The van der Waals surface area contributed by atoms with Gasteiger partial charge in [-0.3, -0.25) is 4.79 Å². The van der Waals surface area contributed by atoms with E-state index in [1.165, 1.54) is 6.07 Å². The number of alkyl carbamates (subject to hydrolysis) is 1. The number of phenols is 1. The molecule has 5 rings (SSSR count). The highest BCUT2D eigenvalue weighted by molar-refractivity contribution is 5.90. The Labute approximate surface area is 285 Å². The summed E-state index contributed by atoms with van der Waals surface area (Å²) in [5, 5.41) is 16.0. The van der Waals surface area contributed by atoms with Gasteiger partial charge in [0.1, 0.15) is 31.9 Å². The van der Waals surface area contributed by atoms with Crippen molar-refractivity contribution in [3.05, 3.63) is 167 Å². The molecule has 5 aromatic rings. The van der Waals surface area contributed by atoms with Gasteiger partial charge in [0.05, 0.1) is 0 Å². The molecule has 2 amide bonds. The first-order valence-electron chi connectivity index (χ1n) is 15.9. The van der Waals surface area contributed by atoms with Crippen molar-refractivity contribution in [3.8, 4) is 11.5 Å². The van der Waals surface area contributed by atoms with Crippen LogP contribution in [0.25, 0.3) is 0 Å². The molecule has 0 unspecified atom stereocenters. The third-order valence-electron chi connectivity index (χ3n) is 7.63. The summed E-state index contributed by atoms with van der Waals surface area (Å²) in [5.74, 6) is -1.09. The molecule has 250 valence electrons. The predicted octanol–water partition coefficient (Wildman–Crippen LogP) is 6.28. The van der Waals surface area contributed by atoms with Crippen LogP contribution in [-0.4, -0.2) is 35.2 Å². The number of phenolic OH excluding ortho intramolecular Hbond substituents is 1. The van der Waals surface area contributed by atoms with Crippen molar-refractivity contribution in [3.63, 3.8) is 0 Å². The Morgan fingerprint density at radius 1 is 0.531 bits per heavy atom. The Balaban J connectivity index is 1.33. The summed E-state index contributed by atoms with van der Waals surface area (Å²) in [5.41, 5.74) is 3.91. The Morgan fingerprint density at radius 2 is 1.02 bits per heavy atom. The van der Waals surface area contributed by atoms with Crippen molar-refractivity contribution in [2.24, 2.45) is 0 Å². The minimum Gasteiger partial charge on any atom is -0.504 e. The van der Waals surface area contributed by atoms with Crippen LogP contribution in [-0.2, 0) is 51.7 Å². The van der Waals surface area contributed by atoms with E-state index in [1.807, 2.05) is 121 Å². The standard InChI is InChI=1S/C40H38N2O7/c43-36-22-21-33(25-37(36)47-26-30-15-7-2-8-16-30)24-35(39(45)48-27-31-17-9-3-10-18-31)41-38(44)34(23-29-13-5-1-6-14-29)42-40(46)49-28-32-19-11-4-12-20-32/h1-22,25,34-35,43H,23-24,26-28H2,(H,41,44)(H,42,46)/t34-,35-/m0/s1. The summed E-state index contributed by atoms with van der Waals surface area (Å²) in [4.78, 5) is 40.3. The van der Waals surface area contributed by atoms with Crippen LogP contribution >= 0.6 is 0 Å². The molecule has 49 heavy (non-hydrogen) atoms. The van der Waals surface area contributed by atoms with E-state index >= 15 is 0 Å². The SMILES string of the molecule is O=C(N[C@@H](Cc1ccccc1)C(=O)N[C@@H](Cc1ccc(O)c(OCc2ccccc2)c1)C(=O)OCc1ccccc1)OCc1ccccc1.